The summed E-state index contributed by atoms with van der Waals surface area (Å²) in [6, 6.07) is 0. The first kappa shape index (κ1) is 17.7. The average Bonchev–Trinajstić information content (AvgIpc) is 2.63. The normalized spacial score (nSPS) is 15.6. The number of allylic oxidation sites excluding steroid dienone is 8. The Balaban J connectivity index is 0. The van der Waals surface area contributed by atoms with Crippen molar-refractivity contribution in [2.75, 3.05) is 0 Å². The molecular weight excluding hydrogens is 373 g/mol. The number of hydrogen-bond acceptors (Lipinski definition) is 0. The van der Waals surface area contributed by atoms with Crippen LogP contribution in [0.5, 0.6) is 0 Å². The summed E-state index contributed by atoms with van der Waals surface area (Å²) in [5, 5.41) is 0. The summed E-state index contributed by atoms with van der Waals surface area (Å²) >= 11 is 3.13. The third-order valence-electron chi connectivity index (χ3n) is 1.54. The van der Waals surface area contributed by atoms with Gasteiger partial charge in [0.1, 0.15) is 0 Å². The van der Waals surface area contributed by atoms with Crippen molar-refractivity contribution in [1.29, 1.82) is 0 Å². The van der Waals surface area contributed by atoms with Crippen LogP contribution in [0.25, 0.3) is 0 Å². The number of hydrogen-bond donors (Lipinski definition) is 0. The molecule has 2 rings (SSSR count). The zero-order chi connectivity index (χ0) is 8.81. The van der Waals surface area contributed by atoms with Gasteiger partial charge in [0.05, 0.1) is 0 Å². The van der Waals surface area contributed by atoms with E-state index < -0.39 is 0 Å². The van der Waals surface area contributed by atoms with E-state index in [2.05, 4.69) is 36.5 Å². The molecule has 0 radical (unpaired) electrons. The van der Waals surface area contributed by atoms with E-state index in [0.29, 0.717) is 0 Å². The van der Waals surface area contributed by atoms with Gasteiger partial charge in [-0.3, -0.25) is 0 Å². The quantitative estimate of drug-likeness (QED) is 0.413. The monoisotopic (exact) mass is 380 g/mol. The van der Waals surface area contributed by atoms with E-state index in [1.165, 1.54) is 12.8 Å². The van der Waals surface area contributed by atoms with Gasteiger partial charge in [0.25, 0.3) is 0 Å². The summed E-state index contributed by atoms with van der Waals surface area (Å²) < 4.78 is 3.12. The first-order valence-electron chi connectivity index (χ1n) is 3.93. The SMILES string of the molecule is [Cl-].[Cl-].[Zr+][C]1=CC=CC1.[Zr+][C]1=CC=CC1. The Morgan fingerprint density at radius 1 is 0.786 bits per heavy atom. The Labute approximate surface area is 129 Å². The summed E-state index contributed by atoms with van der Waals surface area (Å²) in [7, 11) is 0. The van der Waals surface area contributed by atoms with Gasteiger partial charge in [-0.2, -0.15) is 0 Å². The van der Waals surface area contributed by atoms with E-state index in [-0.39, 0.29) is 24.8 Å². The molecule has 0 aliphatic heterocycles. The van der Waals surface area contributed by atoms with E-state index in [1.54, 1.807) is 56.0 Å². The Kier molecular flexibility index (Phi) is 13.7. The molecule has 0 saturated heterocycles. The van der Waals surface area contributed by atoms with Gasteiger partial charge in [-0.15, -0.1) is 0 Å². The molecule has 0 saturated carbocycles. The van der Waals surface area contributed by atoms with Gasteiger partial charge in [-0.05, 0) is 0 Å². The van der Waals surface area contributed by atoms with Gasteiger partial charge in [0.15, 0.2) is 0 Å². The van der Waals surface area contributed by atoms with Crippen LogP contribution in [-0.4, -0.2) is 0 Å². The summed E-state index contributed by atoms with van der Waals surface area (Å²) in [5.74, 6) is 0. The fourth-order valence-corrected chi connectivity index (χ4v) is 1.95. The molecule has 14 heavy (non-hydrogen) atoms. The topological polar surface area (TPSA) is 0 Å². The van der Waals surface area contributed by atoms with Crippen LogP contribution in [-0.2, 0) is 49.4 Å². The van der Waals surface area contributed by atoms with Gasteiger partial charge < -0.3 is 24.8 Å². The van der Waals surface area contributed by atoms with E-state index >= 15 is 0 Å². The van der Waals surface area contributed by atoms with Crippen molar-refractivity contribution in [3.05, 3.63) is 43.0 Å². The fourth-order valence-electron chi connectivity index (χ4n) is 0.894. The molecule has 2 aliphatic rings. The first-order chi connectivity index (χ1) is 5.79. The predicted octanol–water partition coefficient (Wildman–Crippen LogP) is -3.24. The zero-order valence-electron chi connectivity index (χ0n) is 7.63. The molecule has 4 heteroatoms. The number of rotatable bonds is 0. The van der Waals surface area contributed by atoms with Crippen molar-refractivity contribution in [2.24, 2.45) is 0 Å². The maximum atomic E-state index is 2.18. The van der Waals surface area contributed by atoms with Gasteiger partial charge in [-0.1, -0.05) is 0 Å². The van der Waals surface area contributed by atoms with Crippen molar-refractivity contribution < 1.29 is 74.3 Å². The maximum absolute atomic E-state index is 2.18. The third kappa shape index (κ3) is 8.60. The summed E-state index contributed by atoms with van der Waals surface area (Å²) in [6.45, 7) is 0. The molecule has 2 aliphatic carbocycles. The van der Waals surface area contributed by atoms with Crippen LogP contribution in [0.15, 0.2) is 43.0 Å². The predicted molar refractivity (Wildman–Crippen MR) is 43.7 cm³/mol. The van der Waals surface area contributed by atoms with Gasteiger partial charge >= 0.3 is 105 Å². The molecule has 0 bridgehead atoms. The molecule has 0 unspecified atom stereocenters. The standard InChI is InChI=1S/2C5H5.2ClH.2Zr/c2*1-2-4-5-3-1;;;;/h2*1-3H,4H2;2*1H;;/q;;;;2*+1/p-2. The second-order valence-electron chi connectivity index (χ2n) is 2.65. The Hall–Kier alpha value is 1.31. The van der Waals surface area contributed by atoms with Crippen molar-refractivity contribution in [2.45, 2.75) is 12.8 Å². The molecule has 0 heterocycles. The molecule has 0 aromatic carbocycles. The third-order valence-corrected chi connectivity index (χ3v) is 3.37. The molecular formula is C10H10Cl2Zr2. The minimum absolute atomic E-state index is 0. The average molecular weight is 384 g/mol. The molecule has 0 aromatic rings. The summed E-state index contributed by atoms with van der Waals surface area (Å²) in [6.07, 6.45) is 15.4. The summed E-state index contributed by atoms with van der Waals surface area (Å²) in [5.41, 5.74) is 0. The number of halogens is 2. The minimum atomic E-state index is 0. The summed E-state index contributed by atoms with van der Waals surface area (Å²) in [4.78, 5) is 0. The van der Waals surface area contributed by atoms with Crippen LogP contribution in [0.2, 0.25) is 0 Å². The Morgan fingerprint density at radius 3 is 1.21 bits per heavy atom. The fraction of sp³-hybridized carbons (Fsp3) is 0.200. The molecule has 0 spiro atoms. The van der Waals surface area contributed by atoms with Crippen LogP contribution < -0.4 is 24.8 Å². The Morgan fingerprint density at radius 2 is 1.14 bits per heavy atom. The van der Waals surface area contributed by atoms with E-state index in [4.69, 9.17) is 0 Å². The van der Waals surface area contributed by atoms with Crippen LogP contribution in [0.4, 0.5) is 0 Å². The molecule has 0 aromatic heterocycles. The molecule has 0 fully saturated rings. The van der Waals surface area contributed by atoms with Crippen LogP contribution >= 0.6 is 0 Å². The molecule has 0 nitrogen and oxygen atoms in total. The van der Waals surface area contributed by atoms with Crippen LogP contribution in [0.1, 0.15) is 12.8 Å². The van der Waals surface area contributed by atoms with Crippen molar-refractivity contribution in [1.82, 2.24) is 0 Å². The molecule has 0 N–H and O–H groups in total. The van der Waals surface area contributed by atoms with E-state index in [0.717, 1.165) is 0 Å². The van der Waals surface area contributed by atoms with E-state index in [9.17, 15) is 0 Å². The van der Waals surface area contributed by atoms with Crippen molar-refractivity contribution in [3.8, 4) is 0 Å². The van der Waals surface area contributed by atoms with Gasteiger partial charge in [-0.25, -0.2) is 0 Å². The van der Waals surface area contributed by atoms with Crippen LogP contribution in [0.3, 0.4) is 0 Å². The molecule has 72 valence electrons. The second-order valence-corrected chi connectivity index (χ2v) is 5.81. The Bertz CT molecular complexity index is 237. The second kappa shape index (κ2) is 10.8. The molecule has 0 atom stereocenters. The van der Waals surface area contributed by atoms with Gasteiger partial charge in [0, 0.05) is 0 Å². The zero-order valence-corrected chi connectivity index (χ0v) is 14.1. The van der Waals surface area contributed by atoms with Crippen LogP contribution in [0, 0.1) is 0 Å². The molecule has 0 amide bonds. The van der Waals surface area contributed by atoms with Crippen molar-refractivity contribution in [3.63, 3.8) is 0 Å². The van der Waals surface area contributed by atoms with Gasteiger partial charge in [0.2, 0.25) is 0 Å². The first-order valence-corrected chi connectivity index (χ1v) is 6.39. The van der Waals surface area contributed by atoms with E-state index in [1.807, 2.05) is 0 Å². The van der Waals surface area contributed by atoms with Crippen molar-refractivity contribution >= 4 is 0 Å².